The summed E-state index contributed by atoms with van der Waals surface area (Å²) in [5.74, 6) is 0.790. The van der Waals surface area contributed by atoms with E-state index < -0.39 is 0 Å². The Balaban J connectivity index is 1.83. The summed E-state index contributed by atoms with van der Waals surface area (Å²) in [6.07, 6.45) is 11.9. The van der Waals surface area contributed by atoms with Gasteiger partial charge in [-0.1, -0.05) is 33.1 Å². The minimum atomic E-state index is 0.790. The van der Waals surface area contributed by atoms with Crippen molar-refractivity contribution in [3.63, 3.8) is 0 Å². The smallest absolute Gasteiger partial charge is 0.0494 e. The zero-order valence-corrected chi connectivity index (χ0v) is 15.2. The highest BCUT2D eigenvalue weighted by molar-refractivity contribution is 4.66. The number of nitrogens with one attached hydrogen (secondary N) is 1. The number of unbranched alkanes of at least 4 members (excludes halogenated alkanes) is 1. The molecular weight excluding hydrogens is 272 g/mol. The molecule has 1 atom stereocenters. The minimum absolute atomic E-state index is 0.790. The maximum atomic E-state index is 5.88. The van der Waals surface area contributed by atoms with Crippen molar-refractivity contribution in [2.75, 3.05) is 45.9 Å². The van der Waals surface area contributed by atoms with Crippen LogP contribution in [0, 0.1) is 5.92 Å². The van der Waals surface area contributed by atoms with Gasteiger partial charge in [0.1, 0.15) is 0 Å². The van der Waals surface area contributed by atoms with E-state index in [0.29, 0.717) is 0 Å². The molecule has 0 saturated carbocycles. The molecule has 3 heteroatoms. The normalized spacial score (nSPS) is 17.2. The molecule has 22 heavy (non-hydrogen) atoms. The second kappa shape index (κ2) is 14.5. The topological polar surface area (TPSA) is 24.5 Å². The molecule has 0 aromatic heterocycles. The Morgan fingerprint density at radius 2 is 1.73 bits per heavy atom. The molecule has 1 heterocycles. The van der Waals surface area contributed by atoms with Gasteiger partial charge in [-0.3, -0.25) is 0 Å². The number of ether oxygens (including phenoxy) is 1. The standard InChI is InChI=1S/C19H40N2O/c1-3-5-11-19(10-4-2)18-22-17-9-13-20-12-8-16-21-14-6-7-15-21/h19-20H,3-18H2,1-2H3. The Morgan fingerprint density at radius 3 is 2.45 bits per heavy atom. The first-order chi connectivity index (χ1) is 10.9. The lowest BCUT2D eigenvalue weighted by molar-refractivity contribution is 0.0901. The summed E-state index contributed by atoms with van der Waals surface area (Å²) in [6, 6.07) is 0. The molecule has 1 aliphatic rings. The van der Waals surface area contributed by atoms with Gasteiger partial charge in [-0.05, 0) is 77.2 Å². The molecule has 1 fully saturated rings. The van der Waals surface area contributed by atoms with Crippen molar-refractivity contribution >= 4 is 0 Å². The van der Waals surface area contributed by atoms with Crippen molar-refractivity contribution in [1.82, 2.24) is 10.2 Å². The number of hydrogen-bond donors (Lipinski definition) is 1. The van der Waals surface area contributed by atoms with Gasteiger partial charge in [0.2, 0.25) is 0 Å². The average molecular weight is 313 g/mol. The largest absolute Gasteiger partial charge is 0.381 e. The highest BCUT2D eigenvalue weighted by atomic mass is 16.5. The summed E-state index contributed by atoms with van der Waals surface area (Å²) in [5, 5.41) is 3.55. The third-order valence-electron chi connectivity index (χ3n) is 4.69. The van der Waals surface area contributed by atoms with E-state index in [1.807, 2.05) is 0 Å². The van der Waals surface area contributed by atoms with E-state index in [0.717, 1.165) is 38.6 Å². The van der Waals surface area contributed by atoms with E-state index >= 15 is 0 Å². The van der Waals surface area contributed by atoms with Gasteiger partial charge in [0.05, 0.1) is 0 Å². The number of hydrogen-bond acceptors (Lipinski definition) is 3. The van der Waals surface area contributed by atoms with Crippen LogP contribution in [0.3, 0.4) is 0 Å². The fourth-order valence-electron chi connectivity index (χ4n) is 3.32. The summed E-state index contributed by atoms with van der Waals surface area (Å²) in [4.78, 5) is 2.59. The van der Waals surface area contributed by atoms with Crippen LogP contribution in [0.15, 0.2) is 0 Å². The van der Waals surface area contributed by atoms with Gasteiger partial charge < -0.3 is 15.0 Å². The quantitative estimate of drug-likeness (QED) is 0.461. The molecule has 0 aromatic rings. The Kier molecular flexibility index (Phi) is 13.1. The fraction of sp³-hybridized carbons (Fsp3) is 1.00. The molecule has 1 aliphatic heterocycles. The van der Waals surface area contributed by atoms with Crippen molar-refractivity contribution < 1.29 is 4.74 Å². The summed E-state index contributed by atoms with van der Waals surface area (Å²) >= 11 is 0. The summed E-state index contributed by atoms with van der Waals surface area (Å²) in [5.41, 5.74) is 0. The Morgan fingerprint density at radius 1 is 0.955 bits per heavy atom. The van der Waals surface area contributed by atoms with Crippen LogP contribution in [0.1, 0.15) is 71.6 Å². The van der Waals surface area contributed by atoms with Gasteiger partial charge in [-0.2, -0.15) is 0 Å². The van der Waals surface area contributed by atoms with Gasteiger partial charge in [-0.15, -0.1) is 0 Å². The van der Waals surface area contributed by atoms with Gasteiger partial charge >= 0.3 is 0 Å². The van der Waals surface area contributed by atoms with Gasteiger partial charge in [0.15, 0.2) is 0 Å². The van der Waals surface area contributed by atoms with Crippen molar-refractivity contribution in [3.05, 3.63) is 0 Å². The molecular formula is C19H40N2O. The molecule has 1 N–H and O–H groups in total. The average Bonchev–Trinajstić information content (AvgIpc) is 3.04. The van der Waals surface area contributed by atoms with E-state index in [-0.39, 0.29) is 0 Å². The zero-order chi connectivity index (χ0) is 15.9. The molecule has 3 nitrogen and oxygen atoms in total. The fourth-order valence-corrected chi connectivity index (χ4v) is 3.32. The summed E-state index contributed by atoms with van der Waals surface area (Å²) in [7, 11) is 0. The maximum absolute atomic E-state index is 5.88. The zero-order valence-electron chi connectivity index (χ0n) is 15.2. The molecule has 0 aliphatic carbocycles. The van der Waals surface area contributed by atoms with Gasteiger partial charge in [0, 0.05) is 13.2 Å². The summed E-state index contributed by atoms with van der Waals surface area (Å²) in [6.45, 7) is 12.6. The highest BCUT2D eigenvalue weighted by Gasteiger charge is 2.10. The maximum Gasteiger partial charge on any atom is 0.0494 e. The predicted octanol–water partition coefficient (Wildman–Crippen LogP) is 4.08. The lowest BCUT2D eigenvalue weighted by atomic mass is 9.98. The Hall–Kier alpha value is -0.120. The van der Waals surface area contributed by atoms with Gasteiger partial charge in [0.25, 0.3) is 0 Å². The minimum Gasteiger partial charge on any atom is -0.381 e. The van der Waals surface area contributed by atoms with Crippen molar-refractivity contribution in [2.24, 2.45) is 5.92 Å². The van der Waals surface area contributed by atoms with E-state index in [2.05, 4.69) is 24.1 Å². The molecule has 0 amide bonds. The van der Waals surface area contributed by atoms with Crippen molar-refractivity contribution in [1.29, 1.82) is 0 Å². The van der Waals surface area contributed by atoms with E-state index in [1.165, 1.54) is 71.0 Å². The molecule has 0 bridgehead atoms. The first-order valence-electron chi connectivity index (χ1n) is 9.87. The molecule has 132 valence electrons. The van der Waals surface area contributed by atoms with Crippen LogP contribution >= 0.6 is 0 Å². The molecule has 1 saturated heterocycles. The second-order valence-corrected chi connectivity index (χ2v) is 6.88. The first kappa shape index (κ1) is 19.9. The van der Waals surface area contributed by atoms with Crippen LogP contribution in [-0.4, -0.2) is 50.8 Å². The van der Waals surface area contributed by atoms with Gasteiger partial charge in [-0.25, -0.2) is 0 Å². The number of likely N-dealkylation sites (tertiary alicyclic amines) is 1. The first-order valence-corrected chi connectivity index (χ1v) is 9.87. The molecule has 0 aromatic carbocycles. The Bertz CT molecular complexity index is 229. The van der Waals surface area contributed by atoms with Crippen molar-refractivity contribution in [2.45, 2.75) is 71.6 Å². The third kappa shape index (κ3) is 10.6. The van der Waals surface area contributed by atoms with Crippen molar-refractivity contribution in [3.8, 4) is 0 Å². The second-order valence-electron chi connectivity index (χ2n) is 6.88. The molecule has 0 spiro atoms. The van der Waals surface area contributed by atoms with E-state index in [1.54, 1.807) is 0 Å². The number of rotatable bonds is 15. The molecule has 0 radical (unpaired) electrons. The van der Waals surface area contributed by atoms with Crippen LogP contribution in [0.4, 0.5) is 0 Å². The van der Waals surface area contributed by atoms with E-state index in [9.17, 15) is 0 Å². The third-order valence-corrected chi connectivity index (χ3v) is 4.69. The SMILES string of the molecule is CCCCC(CCC)COCCCNCCCN1CCCC1. The van der Waals surface area contributed by atoms with Crippen LogP contribution in [0.25, 0.3) is 0 Å². The van der Waals surface area contributed by atoms with Crippen LogP contribution in [0.2, 0.25) is 0 Å². The highest BCUT2D eigenvalue weighted by Crippen LogP contribution is 2.15. The monoisotopic (exact) mass is 312 g/mol. The lowest BCUT2D eigenvalue weighted by Gasteiger charge is -2.16. The van der Waals surface area contributed by atoms with E-state index in [4.69, 9.17) is 4.74 Å². The van der Waals surface area contributed by atoms with Crippen LogP contribution < -0.4 is 5.32 Å². The number of nitrogens with zero attached hydrogens (tertiary/aromatic N) is 1. The van der Waals surface area contributed by atoms with Crippen LogP contribution in [-0.2, 0) is 4.74 Å². The predicted molar refractivity (Wildman–Crippen MR) is 96.5 cm³/mol. The Labute approximate surface area is 139 Å². The van der Waals surface area contributed by atoms with Crippen LogP contribution in [0.5, 0.6) is 0 Å². The summed E-state index contributed by atoms with van der Waals surface area (Å²) < 4.78 is 5.88. The molecule has 1 rings (SSSR count). The molecule has 1 unspecified atom stereocenters. The lowest BCUT2D eigenvalue weighted by Crippen LogP contribution is -2.25.